The van der Waals surface area contributed by atoms with E-state index in [-0.39, 0.29) is 28.3 Å². The van der Waals surface area contributed by atoms with Gasteiger partial charge in [0.25, 0.3) is 10.7 Å². The number of ether oxygens (including phenoxy) is 3. The number of carbonyl (C=O) groups excluding carboxylic acids is 1. The van der Waals surface area contributed by atoms with Crippen molar-refractivity contribution in [1.82, 2.24) is 4.90 Å². The summed E-state index contributed by atoms with van der Waals surface area (Å²) in [5.74, 6) is -0.154. The van der Waals surface area contributed by atoms with E-state index in [2.05, 4.69) is 25.0 Å². The van der Waals surface area contributed by atoms with Crippen molar-refractivity contribution in [3.63, 3.8) is 0 Å². The third-order valence-electron chi connectivity index (χ3n) is 6.95. The van der Waals surface area contributed by atoms with E-state index in [1.165, 1.54) is 27.4 Å². The smallest absolute Gasteiger partial charge is 0.341 e. The summed E-state index contributed by atoms with van der Waals surface area (Å²) in [5, 5.41) is 0. The lowest BCUT2D eigenvalue weighted by Gasteiger charge is -2.45. The van der Waals surface area contributed by atoms with Gasteiger partial charge in [0.2, 0.25) is 0 Å². The largest absolute Gasteiger partial charge is 0.496 e. The molecule has 0 N–H and O–H groups in total. The molecule has 4 rings (SSSR count). The van der Waals surface area contributed by atoms with Gasteiger partial charge >= 0.3 is 11.7 Å². The molecule has 2 atom stereocenters. The number of esters is 1. The van der Waals surface area contributed by atoms with Crippen molar-refractivity contribution < 1.29 is 33.2 Å². The Bertz CT molecular complexity index is 1320. The summed E-state index contributed by atoms with van der Waals surface area (Å²) in [7, 11) is 4.37. The second-order valence-electron chi connectivity index (χ2n) is 8.93. The van der Waals surface area contributed by atoms with E-state index in [4.69, 9.17) is 19.0 Å². The second-order valence-corrected chi connectivity index (χ2v) is 8.93. The van der Waals surface area contributed by atoms with E-state index in [1.807, 2.05) is 32.0 Å². The van der Waals surface area contributed by atoms with E-state index >= 15 is 0 Å². The first-order chi connectivity index (χ1) is 18.7. The standard InChI is InChI=1S/C28H30FN2O6.C2H6/c1-7-19(12-16(2)29)31(33)37-27-23-15-30-11-10-18-13-25(35-5)22(28(32)36-6)14-21(18)26(30)17(3)20(23)8-9-24(27)34-4;1-2/h7-9,12-14,17,26H,1-2,10-11,15H2,3-6H3;1-2H3/q+1;/b19-12+;. The molecule has 2 heterocycles. The molecule has 39 heavy (non-hydrogen) atoms. The fourth-order valence-electron chi connectivity index (χ4n) is 5.26. The van der Waals surface area contributed by atoms with Gasteiger partial charge in [-0.25, -0.2) is 9.18 Å². The highest BCUT2D eigenvalue weighted by Crippen LogP contribution is 2.50. The number of carbonyl (C=O) groups is 1. The highest BCUT2D eigenvalue weighted by molar-refractivity contribution is 5.93. The van der Waals surface area contributed by atoms with Gasteiger partial charge in [-0.15, -0.1) is 0 Å². The maximum atomic E-state index is 13.4. The summed E-state index contributed by atoms with van der Waals surface area (Å²) in [4.78, 5) is 33.4. The number of hydrogen-bond acceptors (Lipinski definition) is 7. The lowest BCUT2D eigenvalue weighted by atomic mass is 9.76. The Kier molecular flexibility index (Phi) is 9.64. The number of allylic oxidation sites excluding steroid dienone is 3. The first-order valence-electron chi connectivity index (χ1n) is 12.8. The van der Waals surface area contributed by atoms with Crippen molar-refractivity contribution in [3.05, 3.63) is 93.8 Å². The molecule has 0 aromatic heterocycles. The van der Waals surface area contributed by atoms with Crippen molar-refractivity contribution in [3.8, 4) is 17.2 Å². The van der Waals surface area contributed by atoms with Crippen LogP contribution < -0.4 is 14.3 Å². The third-order valence-corrected chi connectivity index (χ3v) is 6.95. The van der Waals surface area contributed by atoms with Crippen molar-refractivity contribution >= 4 is 5.97 Å². The van der Waals surface area contributed by atoms with Crippen LogP contribution in [-0.4, -0.2) is 43.7 Å². The van der Waals surface area contributed by atoms with Crippen LogP contribution in [0.15, 0.2) is 61.1 Å². The Balaban J connectivity index is 0.00000205. The van der Waals surface area contributed by atoms with Crippen LogP contribution in [0, 0.1) is 4.91 Å². The molecule has 2 unspecified atom stereocenters. The van der Waals surface area contributed by atoms with Crippen LogP contribution in [-0.2, 0) is 17.7 Å². The van der Waals surface area contributed by atoms with Crippen LogP contribution in [0.25, 0.3) is 0 Å². The van der Waals surface area contributed by atoms with Gasteiger partial charge < -0.3 is 14.2 Å². The Labute approximate surface area is 228 Å². The predicted molar refractivity (Wildman–Crippen MR) is 147 cm³/mol. The average Bonchev–Trinajstić information content (AvgIpc) is 2.95. The number of rotatable bonds is 8. The normalized spacial score (nSPS) is 17.8. The first-order valence-corrected chi connectivity index (χ1v) is 12.8. The molecule has 0 saturated carbocycles. The van der Waals surface area contributed by atoms with Gasteiger partial charge in [0.05, 0.1) is 32.3 Å². The molecule has 9 heteroatoms. The Morgan fingerprint density at radius 1 is 1.13 bits per heavy atom. The van der Waals surface area contributed by atoms with Gasteiger partial charge in [-0.2, -0.15) is 4.84 Å². The molecule has 2 aromatic carbocycles. The first kappa shape index (κ1) is 29.6. The lowest BCUT2D eigenvalue weighted by Crippen LogP contribution is -2.41. The van der Waals surface area contributed by atoms with Gasteiger partial charge in [0, 0.05) is 36.7 Å². The molecule has 0 fully saturated rings. The predicted octanol–water partition coefficient (Wildman–Crippen LogP) is 6.36. The summed E-state index contributed by atoms with van der Waals surface area (Å²) < 4.78 is 29.3. The zero-order chi connectivity index (χ0) is 28.9. The molecule has 0 amide bonds. The second kappa shape index (κ2) is 12.7. The third kappa shape index (κ3) is 5.73. The molecule has 0 aliphatic carbocycles. The van der Waals surface area contributed by atoms with Crippen molar-refractivity contribution in [2.75, 3.05) is 27.9 Å². The van der Waals surface area contributed by atoms with Crippen LogP contribution in [0.3, 0.4) is 0 Å². The van der Waals surface area contributed by atoms with Crippen molar-refractivity contribution in [2.45, 2.75) is 45.7 Å². The maximum absolute atomic E-state index is 13.4. The molecular formula is C30H36FN2O6+. The van der Waals surface area contributed by atoms with Crippen LogP contribution in [0.1, 0.15) is 65.3 Å². The Morgan fingerprint density at radius 3 is 2.41 bits per heavy atom. The van der Waals surface area contributed by atoms with Crippen molar-refractivity contribution in [1.29, 1.82) is 0 Å². The quantitative estimate of drug-likeness (QED) is 0.219. The number of fused-ring (bicyclic) bond motifs is 4. The fourth-order valence-corrected chi connectivity index (χ4v) is 5.26. The summed E-state index contributed by atoms with van der Waals surface area (Å²) in [6, 6.07) is 7.47. The molecule has 0 radical (unpaired) electrons. The number of methoxy groups -OCH3 is 3. The summed E-state index contributed by atoms with van der Waals surface area (Å²) in [6.45, 7) is 14.0. The van der Waals surface area contributed by atoms with Crippen LogP contribution in [0.2, 0.25) is 0 Å². The van der Waals surface area contributed by atoms with E-state index < -0.39 is 11.8 Å². The molecule has 2 aromatic rings. The minimum atomic E-state index is -0.798. The molecule has 0 saturated heterocycles. The van der Waals surface area contributed by atoms with E-state index in [0.717, 1.165) is 41.3 Å². The topological polar surface area (TPSA) is 77.3 Å². The minimum Gasteiger partial charge on any atom is -0.496 e. The zero-order valence-corrected chi connectivity index (χ0v) is 23.4. The summed E-state index contributed by atoms with van der Waals surface area (Å²) in [6.07, 6.45) is 2.88. The fraction of sp³-hybridized carbons (Fsp3) is 0.367. The monoisotopic (exact) mass is 539 g/mol. The van der Waals surface area contributed by atoms with Gasteiger partial charge in [-0.3, -0.25) is 4.90 Å². The number of halogens is 1. The molecular weight excluding hydrogens is 503 g/mol. The molecule has 0 spiro atoms. The van der Waals surface area contributed by atoms with Crippen LogP contribution >= 0.6 is 0 Å². The average molecular weight is 540 g/mol. The molecule has 8 nitrogen and oxygen atoms in total. The van der Waals surface area contributed by atoms with E-state index in [1.54, 1.807) is 6.07 Å². The number of nitrogens with zero attached hydrogens (tertiary/aromatic N) is 2. The zero-order valence-electron chi connectivity index (χ0n) is 23.4. The molecule has 2 aliphatic rings. The molecule has 208 valence electrons. The van der Waals surface area contributed by atoms with E-state index in [9.17, 15) is 14.1 Å². The van der Waals surface area contributed by atoms with Crippen LogP contribution in [0.4, 0.5) is 4.39 Å². The van der Waals surface area contributed by atoms with Gasteiger partial charge in [-0.1, -0.05) is 40.0 Å². The van der Waals surface area contributed by atoms with Gasteiger partial charge in [0.1, 0.15) is 17.1 Å². The van der Waals surface area contributed by atoms with Gasteiger partial charge in [0.15, 0.2) is 5.75 Å². The summed E-state index contributed by atoms with van der Waals surface area (Å²) >= 11 is 0. The van der Waals surface area contributed by atoms with E-state index in [0.29, 0.717) is 23.6 Å². The molecule has 2 aliphatic heterocycles. The number of benzene rings is 2. The highest BCUT2D eigenvalue weighted by atomic mass is 19.1. The minimum absolute atomic E-state index is 0.0184. The summed E-state index contributed by atoms with van der Waals surface area (Å²) in [5.41, 5.74) is 4.17. The maximum Gasteiger partial charge on any atom is 0.341 e. The lowest BCUT2D eigenvalue weighted by molar-refractivity contribution is -0.720. The van der Waals surface area contributed by atoms with Gasteiger partial charge in [-0.05, 0) is 41.3 Å². The van der Waals surface area contributed by atoms with Crippen LogP contribution in [0.5, 0.6) is 17.2 Å². The number of hydrogen-bond donors (Lipinski definition) is 0. The Hall–Kier alpha value is -3.98. The highest BCUT2D eigenvalue weighted by Gasteiger charge is 2.41. The SMILES string of the molecule is C=C/C(=C\C(=C)F)[N+](=O)Oc1c(OC)ccc2c1CN1CCc3cc(OC)c(C(=O)OC)cc3C1C2C.CC. The molecule has 0 bridgehead atoms. The Morgan fingerprint density at radius 2 is 1.82 bits per heavy atom. The van der Waals surface area contributed by atoms with Crippen molar-refractivity contribution in [2.24, 2.45) is 0 Å².